The molecule has 0 atom stereocenters. The predicted molar refractivity (Wildman–Crippen MR) is 36.3 cm³/mol. The van der Waals surface area contributed by atoms with Crippen LogP contribution in [-0.4, -0.2) is 14.8 Å². The number of hydrogen-bond donors (Lipinski definition) is 1. The molecule has 1 aromatic rings. The second kappa shape index (κ2) is 1.60. The molecule has 0 radical (unpaired) electrons. The Balaban J connectivity index is 2.61. The molecule has 0 saturated heterocycles. The number of hydrogen-bond acceptors (Lipinski definition) is 3. The summed E-state index contributed by atoms with van der Waals surface area (Å²) in [5.41, 5.74) is 0. The Labute approximate surface area is 57.8 Å². The minimum atomic E-state index is 0.550. The van der Waals surface area contributed by atoms with Crippen molar-refractivity contribution < 1.29 is 0 Å². The summed E-state index contributed by atoms with van der Waals surface area (Å²) in [5, 5.41) is 4.55. The largest absolute Gasteiger partial charge is 0.241 e. The highest BCUT2D eigenvalue weighted by Crippen LogP contribution is 2.09. The van der Waals surface area contributed by atoms with E-state index in [1.165, 1.54) is 0 Å². The first-order valence-corrected chi connectivity index (χ1v) is 3.11. The Hall–Kier alpha value is -0.770. The molecule has 1 aromatic heterocycles. The molecule has 0 N–H and O–H groups in total. The Morgan fingerprint density at radius 1 is 1.67 bits per heavy atom. The molecule has 4 heteroatoms. The van der Waals surface area contributed by atoms with Crippen molar-refractivity contribution in [1.29, 1.82) is 0 Å². The van der Waals surface area contributed by atoms with Crippen molar-refractivity contribution in [3.8, 4) is 0 Å². The maximum atomic E-state index is 4.02. The summed E-state index contributed by atoms with van der Waals surface area (Å²) in [6.07, 6.45) is 3.95. The molecule has 0 aromatic carbocycles. The van der Waals surface area contributed by atoms with Crippen LogP contribution in [0.2, 0.25) is 0 Å². The fourth-order valence-electron chi connectivity index (χ4n) is 0.857. The third kappa shape index (κ3) is 0.666. The molecule has 1 aliphatic heterocycles. The Kier molecular flexibility index (Phi) is 0.900. The average molecular weight is 139 g/mol. The van der Waals surface area contributed by atoms with E-state index in [0.29, 0.717) is 5.16 Å². The lowest BCUT2D eigenvalue weighted by atomic mass is 10.6. The van der Waals surface area contributed by atoms with Crippen LogP contribution in [0.1, 0.15) is 5.82 Å². The molecule has 0 saturated carbocycles. The molecule has 3 nitrogen and oxygen atoms in total. The molecule has 1 aliphatic rings. The molecule has 0 amide bonds. The van der Waals surface area contributed by atoms with Gasteiger partial charge in [0.15, 0.2) is 5.82 Å². The van der Waals surface area contributed by atoms with Crippen molar-refractivity contribution in [1.82, 2.24) is 14.8 Å². The maximum Gasteiger partial charge on any atom is 0.205 e. The lowest BCUT2D eigenvalue weighted by Gasteiger charge is -1.86. The van der Waals surface area contributed by atoms with Crippen LogP contribution in [0, 0.1) is 0 Å². The van der Waals surface area contributed by atoms with Gasteiger partial charge >= 0.3 is 0 Å². The lowest BCUT2D eigenvalue weighted by molar-refractivity contribution is 0.690. The third-order valence-corrected chi connectivity index (χ3v) is 1.42. The number of allylic oxidation sites excluding steroid dienone is 1. The number of thiol groups is 1. The third-order valence-electron chi connectivity index (χ3n) is 1.23. The summed E-state index contributed by atoms with van der Waals surface area (Å²) in [6.45, 7) is 0.836. The van der Waals surface area contributed by atoms with E-state index in [9.17, 15) is 0 Å². The summed E-state index contributed by atoms with van der Waals surface area (Å²) in [7, 11) is 0. The zero-order valence-electron chi connectivity index (χ0n) is 4.65. The minimum Gasteiger partial charge on any atom is -0.241 e. The molecule has 9 heavy (non-hydrogen) atoms. The summed E-state index contributed by atoms with van der Waals surface area (Å²) in [5.74, 6) is 0.903. The highest BCUT2D eigenvalue weighted by molar-refractivity contribution is 7.80. The smallest absolute Gasteiger partial charge is 0.205 e. The number of nitrogens with zero attached hydrogens (tertiary/aromatic N) is 3. The SMILES string of the molecule is Sc1nc2n(n1)CC=C2. The van der Waals surface area contributed by atoms with Crippen molar-refractivity contribution in [2.45, 2.75) is 11.7 Å². The fraction of sp³-hybridized carbons (Fsp3) is 0.200. The number of rotatable bonds is 0. The molecule has 0 spiro atoms. The Morgan fingerprint density at radius 2 is 2.56 bits per heavy atom. The van der Waals surface area contributed by atoms with Crippen LogP contribution in [-0.2, 0) is 6.54 Å². The predicted octanol–water partition coefficient (Wildman–Crippen LogP) is 0.594. The maximum absolute atomic E-state index is 4.02. The quantitative estimate of drug-likeness (QED) is 0.533. The van der Waals surface area contributed by atoms with Crippen molar-refractivity contribution in [3.63, 3.8) is 0 Å². The minimum absolute atomic E-state index is 0.550. The molecular weight excluding hydrogens is 134 g/mol. The van der Waals surface area contributed by atoms with E-state index in [-0.39, 0.29) is 0 Å². The number of aromatic nitrogens is 3. The van der Waals surface area contributed by atoms with Crippen molar-refractivity contribution in [2.75, 3.05) is 0 Å². The van der Waals surface area contributed by atoms with E-state index in [4.69, 9.17) is 0 Å². The van der Waals surface area contributed by atoms with E-state index in [1.807, 2.05) is 16.8 Å². The van der Waals surface area contributed by atoms with Gasteiger partial charge in [0.25, 0.3) is 0 Å². The van der Waals surface area contributed by atoms with Gasteiger partial charge in [-0.1, -0.05) is 6.08 Å². The summed E-state index contributed by atoms with van der Waals surface area (Å²) >= 11 is 3.99. The van der Waals surface area contributed by atoms with E-state index in [2.05, 4.69) is 22.7 Å². The zero-order valence-corrected chi connectivity index (χ0v) is 5.55. The van der Waals surface area contributed by atoms with E-state index in [1.54, 1.807) is 0 Å². The highest BCUT2D eigenvalue weighted by atomic mass is 32.1. The fourth-order valence-corrected chi connectivity index (χ4v) is 1.07. The van der Waals surface area contributed by atoms with Gasteiger partial charge in [0.2, 0.25) is 5.16 Å². The van der Waals surface area contributed by atoms with Gasteiger partial charge in [0.05, 0.1) is 6.54 Å². The van der Waals surface area contributed by atoms with E-state index < -0.39 is 0 Å². The first-order chi connectivity index (χ1) is 4.36. The van der Waals surface area contributed by atoms with Gasteiger partial charge in [-0.2, -0.15) is 0 Å². The molecular formula is C5H5N3S. The van der Waals surface area contributed by atoms with Crippen LogP contribution in [0.5, 0.6) is 0 Å². The van der Waals surface area contributed by atoms with Gasteiger partial charge in [0, 0.05) is 0 Å². The average Bonchev–Trinajstić information content (AvgIpc) is 2.22. The molecule has 46 valence electrons. The second-order valence-electron chi connectivity index (χ2n) is 1.85. The molecule has 2 rings (SSSR count). The molecule has 2 heterocycles. The van der Waals surface area contributed by atoms with Crippen LogP contribution in [0.25, 0.3) is 6.08 Å². The van der Waals surface area contributed by atoms with Crippen LogP contribution in [0.15, 0.2) is 11.2 Å². The Bertz CT molecular complexity index is 263. The molecule has 0 fully saturated rings. The first-order valence-electron chi connectivity index (χ1n) is 2.66. The van der Waals surface area contributed by atoms with Crippen LogP contribution >= 0.6 is 12.6 Å². The second-order valence-corrected chi connectivity index (χ2v) is 2.25. The standard InChI is InChI=1S/C5H5N3S/c9-5-6-4-2-1-3-8(4)7-5/h1-2H,3H2,(H,7,9). The van der Waals surface area contributed by atoms with Crippen LogP contribution in [0.4, 0.5) is 0 Å². The van der Waals surface area contributed by atoms with Crippen LogP contribution < -0.4 is 0 Å². The van der Waals surface area contributed by atoms with E-state index >= 15 is 0 Å². The van der Waals surface area contributed by atoms with Gasteiger partial charge in [0.1, 0.15) is 0 Å². The summed E-state index contributed by atoms with van der Waals surface area (Å²) in [6, 6.07) is 0. The summed E-state index contributed by atoms with van der Waals surface area (Å²) < 4.78 is 1.81. The monoisotopic (exact) mass is 139 g/mol. The van der Waals surface area contributed by atoms with Crippen LogP contribution in [0.3, 0.4) is 0 Å². The molecule has 0 bridgehead atoms. The first kappa shape index (κ1) is 5.05. The van der Waals surface area contributed by atoms with Gasteiger partial charge < -0.3 is 0 Å². The molecule has 0 aliphatic carbocycles. The summed E-state index contributed by atoms with van der Waals surface area (Å²) in [4.78, 5) is 4.02. The van der Waals surface area contributed by atoms with Gasteiger partial charge in [-0.25, -0.2) is 9.67 Å². The topological polar surface area (TPSA) is 30.7 Å². The van der Waals surface area contributed by atoms with Crippen molar-refractivity contribution in [2.24, 2.45) is 0 Å². The van der Waals surface area contributed by atoms with Crippen molar-refractivity contribution >= 4 is 18.7 Å². The Morgan fingerprint density at radius 3 is 3.33 bits per heavy atom. The lowest BCUT2D eigenvalue weighted by Crippen LogP contribution is -1.93. The number of fused-ring (bicyclic) bond motifs is 1. The van der Waals surface area contributed by atoms with Gasteiger partial charge in [-0.05, 0) is 6.08 Å². The normalized spacial score (nSPS) is 14.3. The van der Waals surface area contributed by atoms with Gasteiger partial charge in [-0.15, -0.1) is 17.7 Å². The highest BCUT2D eigenvalue weighted by Gasteiger charge is 2.06. The van der Waals surface area contributed by atoms with E-state index in [0.717, 1.165) is 12.4 Å². The van der Waals surface area contributed by atoms with Crippen molar-refractivity contribution in [3.05, 3.63) is 11.9 Å². The zero-order chi connectivity index (χ0) is 6.27. The van der Waals surface area contributed by atoms with Gasteiger partial charge in [-0.3, -0.25) is 0 Å². The molecule has 0 unspecified atom stereocenters.